The molecule has 0 atom stereocenters. The summed E-state index contributed by atoms with van der Waals surface area (Å²) in [6.07, 6.45) is 1.27. The smallest absolute Gasteiger partial charge is 0.296 e. The monoisotopic (exact) mass is 636 g/mol. The molecular weight excluding hydrogens is 596 g/mol. The second-order valence-electron chi connectivity index (χ2n) is 12.0. The quantitative estimate of drug-likeness (QED) is 0.199. The number of aromatic nitrogens is 2. The van der Waals surface area contributed by atoms with Gasteiger partial charge in [0.25, 0.3) is 21.5 Å². The van der Waals surface area contributed by atoms with E-state index < -0.39 is 15.6 Å². The van der Waals surface area contributed by atoms with Crippen LogP contribution in [0.1, 0.15) is 43.9 Å². The Morgan fingerprint density at radius 3 is 1.89 bits per heavy atom. The van der Waals surface area contributed by atoms with Crippen molar-refractivity contribution in [3.63, 3.8) is 0 Å². The van der Waals surface area contributed by atoms with E-state index in [1.54, 1.807) is 55.7 Å². The molecule has 4 aromatic carbocycles. The minimum absolute atomic E-state index is 0.0480. The Bertz CT molecular complexity index is 1980. The van der Waals surface area contributed by atoms with Crippen LogP contribution in [0.25, 0.3) is 5.69 Å². The number of anilines is 1. The van der Waals surface area contributed by atoms with Crippen LogP contribution in [-0.4, -0.2) is 41.7 Å². The van der Waals surface area contributed by atoms with Gasteiger partial charge in [-0.05, 0) is 81.5 Å². The number of nitrogens with one attached hydrogen (secondary N) is 1. The number of carbonyl (C=O) groups excluding carboxylic acids is 1. The van der Waals surface area contributed by atoms with Gasteiger partial charge >= 0.3 is 0 Å². The zero-order valence-electron chi connectivity index (χ0n) is 27.1. The van der Waals surface area contributed by atoms with Crippen LogP contribution in [0.3, 0.4) is 0 Å². The summed E-state index contributed by atoms with van der Waals surface area (Å²) in [4.78, 5) is 29.1. The molecule has 0 radical (unpaired) electrons. The number of benzene rings is 4. The van der Waals surface area contributed by atoms with Gasteiger partial charge in [0.15, 0.2) is 0 Å². The fraction of sp³-hybridized carbons (Fsp3) is 0.243. The Balaban J connectivity index is 1.45. The van der Waals surface area contributed by atoms with Gasteiger partial charge in [-0.1, -0.05) is 83.9 Å². The van der Waals surface area contributed by atoms with E-state index in [4.69, 9.17) is 0 Å². The number of aryl methyl sites for hydroxylation is 3. The highest BCUT2D eigenvalue weighted by Gasteiger charge is 2.27. The molecule has 46 heavy (non-hydrogen) atoms. The molecule has 1 heterocycles. The predicted octanol–water partition coefficient (Wildman–Crippen LogP) is 6.14. The largest absolute Gasteiger partial charge is 0.338 e. The van der Waals surface area contributed by atoms with Crippen molar-refractivity contribution in [3.8, 4) is 5.69 Å². The number of amides is 1. The van der Waals surface area contributed by atoms with E-state index in [9.17, 15) is 18.0 Å². The number of hydrogen-bond donors (Lipinski definition) is 1. The third kappa shape index (κ3) is 6.84. The van der Waals surface area contributed by atoms with E-state index in [0.717, 1.165) is 22.3 Å². The predicted molar refractivity (Wildman–Crippen MR) is 183 cm³/mol. The molecule has 8 nitrogen and oxygen atoms in total. The normalized spacial score (nSPS) is 11.5. The van der Waals surface area contributed by atoms with Crippen LogP contribution >= 0.6 is 0 Å². The van der Waals surface area contributed by atoms with Gasteiger partial charge in [0.1, 0.15) is 5.69 Å². The van der Waals surface area contributed by atoms with Crippen LogP contribution in [0, 0.1) is 27.7 Å². The third-order valence-electron chi connectivity index (χ3n) is 8.59. The summed E-state index contributed by atoms with van der Waals surface area (Å²) in [5, 5.41) is 0. The molecule has 0 saturated carbocycles. The van der Waals surface area contributed by atoms with Crippen LogP contribution in [-0.2, 0) is 29.9 Å². The maximum Gasteiger partial charge on any atom is 0.296 e. The van der Waals surface area contributed by atoms with Gasteiger partial charge in [0.05, 0.1) is 16.3 Å². The lowest BCUT2D eigenvalue weighted by Crippen LogP contribution is -2.40. The molecule has 0 bridgehead atoms. The van der Waals surface area contributed by atoms with E-state index in [1.165, 1.54) is 16.8 Å². The van der Waals surface area contributed by atoms with Gasteiger partial charge in [0, 0.05) is 25.7 Å². The molecule has 0 aliphatic rings. The van der Waals surface area contributed by atoms with Crippen molar-refractivity contribution in [2.75, 3.05) is 11.8 Å². The summed E-state index contributed by atoms with van der Waals surface area (Å²) in [6.45, 7) is 7.56. The summed E-state index contributed by atoms with van der Waals surface area (Å²) >= 11 is 0. The fourth-order valence-electron chi connectivity index (χ4n) is 5.57. The highest BCUT2D eigenvalue weighted by molar-refractivity contribution is 7.92. The standard InChI is InChI=1S/C37H40N4O4S/c1-25-12-17-29(18-13-25)22-32(23-30-19-14-26(2)15-20-30)39(5)36(42)34-24-33(21-16-27(34)3)46(44,45)38-35-28(4)40(6)41(37(35)43)31-10-8-7-9-11-31/h7-21,24,32,38H,22-23H2,1-6H3. The van der Waals surface area contributed by atoms with Gasteiger partial charge in [0.2, 0.25) is 0 Å². The number of hydrogen-bond acceptors (Lipinski definition) is 4. The van der Waals surface area contributed by atoms with Gasteiger partial charge < -0.3 is 4.90 Å². The van der Waals surface area contributed by atoms with Gasteiger partial charge in [-0.3, -0.25) is 19.0 Å². The van der Waals surface area contributed by atoms with Crippen molar-refractivity contribution < 1.29 is 13.2 Å². The lowest BCUT2D eigenvalue weighted by molar-refractivity contribution is 0.0729. The highest BCUT2D eigenvalue weighted by Crippen LogP contribution is 2.24. The summed E-state index contributed by atoms with van der Waals surface area (Å²) in [6, 6.07) is 29.9. The molecule has 238 valence electrons. The van der Waals surface area contributed by atoms with E-state index in [1.807, 2.05) is 32.0 Å². The molecule has 0 saturated heterocycles. The molecule has 5 aromatic rings. The summed E-state index contributed by atoms with van der Waals surface area (Å²) in [5.41, 5.74) is 6.01. The third-order valence-corrected chi connectivity index (χ3v) is 9.94. The maximum atomic E-state index is 14.1. The minimum Gasteiger partial charge on any atom is -0.338 e. The molecule has 1 amide bonds. The second kappa shape index (κ2) is 13.2. The molecule has 0 fully saturated rings. The van der Waals surface area contributed by atoms with Crippen molar-refractivity contribution in [1.29, 1.82) is 0 Å². The molecule has 1 N–H and O–H groups in total. The van der Waals surface area contributed by atoms with Crippen LogP contribution in [0.2, 0.25) is 0 Å². The van der Waals surface area contributed by atoms with E-state index >= 15 is 0 Å². The Morgan fingerprint density at radius 1 is 0.804 bits per heavy atom. The van der Waals surface area contributed by atoms with Crippen molar-refractivity contribution in [3.05, 3.63) is 146 Å². The van der Waals surface area contributed by atoms with Gasteiger partial charge in [-0.25, -0.2) is 13.1 Å². The molecule has 9 heteroatoms. The van der Waals surface area contributed by atoms with Gasteiger partial charge in [-0.15, -0.1) is 0 Å². The topological polar surface area (TPSA) is 93.4 Å². The first-order chi connectivity index (χ1) is 21.9. The van der Waals surface area contributed by atoms with Crippen LogP contribution in [0.15, 0.2) is 107 Å². The fourth-order valence-corrected chi connectivity index (χ4v) is 6.71. The van der Waals surface area contributed by atoms with E-state index in [2.05, 4.69) is 53.3 Å². The Labute approximate surface area is 271 Å². The Morgan fingerprint density at radius 2 is 1.35 bits per heavy atom. The van der Waals surface area contributed by atoms with Crippen LogP contribution < -0.4 is 10.3 Å². The molecule has 1 aromatic heterocycles. The summed E-state index contributed by atoms with van der Waals surface area (Å²) < 4.78 is 32.9. The lowest BCUT2D eigenvalue weighted by atomic mass is 9.96. The molecule has 0 aliphatic heterocycles. The number of para-hydroxylation sites is 1. The van der Waals surface area contributed by atoms with Crippen molar-refractivity contribution >= 4 is 21.6 Å². The minimum atomic E-state index is -4.22. The number of carbonyl (C=O) groups is 1. The van der Waals surface area contributed by atoms with Crippen molar-refractivity contribution in [1.82, 2.24) is 14.3 Å². The average molecular weight is 637 g/mol. The van der Waals surface area contributed by atoms with E-state index in [0.29, 0.717) is 29.8 Å². The SMILES string of the molecule is Cc1ccc(CC(Cc2ccc(C)cc2)N(C)C(=O)c2cc(S(=O)(=O)Nc3c(C)n(C)n(-c4ccccc4)c3=O)ccc2C)cc1. The first-order valence-corrected chi connectivity index (χ1v) is 16.7. The molecule has 5 rings (SSSR count). The van der Waals surface area contributed by atoms with Crippen LogP contribution in [0.4, 0.5) is 5.69 Å². The van der Waals surface area contributed by atoms with E-state index in [-0.39, 0.29) is 28.1 Å². The number of rotatable bonds is 10. The zero-order valence-corrected chi connectivity index (χ0v) is 27.9. The molecule has 0 unspecified atom stereocenters. The summed E-state index contributed by atoms with van der Waals surface area (Å²) in [5.74, 6) is -0.277. The zero-order chi connectivity index (χ0) is 33.2. The van der Waals surface area contributed by atoms with Crippen molar-refractivity contribution in [2.45, 2.75) is 51.5 Å². The Kier molecular flexibility index (Phi) is 9.34. The number of likely N-dealkylation sites (N-methyl/N-ethyl adjacent to an activating group) is 1. The first kappa shape index (κ1) is 32.5. The number of sulfonamides is 1. The van der Waals surface area contributed by atoms with Crippen LogP contribution in [0.5, 0.6) is 0 Å². The molecule has 0 aliphatic carbocycles. The maximum absolute atomic E-state index is 14.1. The first-order valence-electron chi connectivity index (χ1n) is 15.2. The lowest BCUT2D eigenvalue weighted by Gasteiger charge is -2.29. The van der Waals surface area contributed by atoms with Crippen molar-refractivity contribution in [2.24, 2.45) is 7.05 Å². The molecule has 0 spiro atoms. The summed E-state index contributed by atoms with van der Waals surface area (Å²) in [7, 11) is -0.746. The Hall–Kier alpha value is -4.89. The number of nitrogens with zero attached hydrogens (tertiary/aromatic N) is 3. The second-order valence-corrected chi connectivity index (χ2v) is 13.7. The molecular formula is C37H40N4O4S. The highest BCUT2D eigenvalue weighted by atomic mass is 32.2. The van der Waals surface area contributed by atoms with Gasteiger partial charge in [-0.2, -0.15) is 0 Å². The average Bonchev–Trinajstić information content (AvgIpc) is 3.25.